The summed E-state index contributed by atoms with van der Waals surface area (Å²) in [6, 6.07) is 24.8. The molecule has 0 spiro atoms. The van der Waals surface area contributed by atoms with E-state index in [0.29, 0.717) is 58.9 Å². The van der Waals surface area contributed by atoms with E-state index in [2.05, 4.69) is 15.5 Å². The molecule has 0 atom stereocenters. The van der Waals surface area contributed by atoms with Crippen LogP contribution in [0.5, 0.6) is 5.75 Å². The fourth-order valence-electron chi connectivity index (χ4n) is 5.31. The minimum absolute atomic E-state index is 0.0236. The van der Waals surface area contributed by atoms with Crippen LogP contribution in [0, 0.1) is 4.91 Å². The minimum Gasteiger partial charge on any atom is -0.497 e. The van der Waals surface area contributed by atoms with Gasteiger partial charge >= 0.3 is 6.03 Å². The van der Waals surface area contributed by atoms with Crippen molar-refractivity contribution >= 4 is 67.9 Å². The maximum absolute atomic E-state index is 13.7. The highest BCUT2D eigenvalue weighted by molar-refractivity contribution is 7.89. The van der Waals surface area contributed by atoms with E-state index in [9.17, 15) is 22.9 Å². The van der Waals surface area contributed by atoms with Gasteiger partial charge in [-0.2, -0.15) is 4.31 Å². The topological polar surface area (TPSA) is 142 Å². The number of nitroso groups, excluding NO2 is 1. The van der Waals surface area contributed by atoms with E-state index in [0.717, 1.165) is 5.69 Å². The highest BCUT2D eigenvalue weighted by Crippen LogP contribution is 2.30. The van der Waals surface area contributed by atoms with Crippen LogP contribution in [0.1, 0.15) is 12.0 Å². The van der Waals surface area contributed by atoms with E-state index in [4.69, 9.17) is 27.9 Å². The highest BCUT2D eigenvalue weighted by Gasteiger charge is 2.30. The smallest absolute Gasteiger partial charge is 0.322 e. The number of carbonyl (C=O) groups excluding carboxylic acids is 2. The van der Waals surface area contributed by atoms with Gasteiger partial charge < -0.3 is 25.2 Å². The number of para-hydroxylation sites is 2. The predicted octanol–water partition coefficient (Wildman–Crippen LogP) is 5.05. The molecule has 0 radical (unpaired) electrons. The number of sulfonamides is 1. The number of carbonyl (C=O) groups is 2. The molecule has 1 heterocycles. The molecule has 49 heavy (non-hydrogen) atoms. The Morgan fingerprint density at radius 1 is 0.857 bits per heavy atom. The molecule has 12 nitrogen and oxygen atoms in total. The maximum atomic E-state index is 13.7. The average Bonchev–Trinajstić information content (AvgIpc) is 3.12. The molecule has 1 aliphatic heterocycles. The van der Waals surface area contributed by atoms with E-state index in [1.54, 1.807) is 70.7 Å². The Bertz CT molecular complexity index is 1880. The molecule has 3 amide bonds. The molecule has 4 aromatic rings. The predicted molar refractivity (Wildman–Crippen MR) is 190 cm³/mol. The van der Waals surface area contributed by atoms with Crippen LogP contribution in [-0.4, -0.2) is 69.4 Å². The van der Waals surface area contributed by atoms with Crippen LogP contribution in [0.2, 0.25) is 10.0 Å². The second-order valence-corrected chi connectivity index (χ2v) is 13.9. The number of urea groups is 1. The van der Waals surface area contributed by atoms with Crippen LogP contribution in [0.25, 0.3) is 0 Å². The number of nitrogens with zero attached hydrogens (tertiary/aromatic N) is 3. The van der Waals surface area contributed by atoms with Crippen LogP contribution in [-0.2, 0) is 21.4 Å². The third-order valence-electron chi connectivity index (χ3n) is 8.00. The molecular weight excluding hydrogens is 691 g/mol. The molecule has 1 aliphatic rings. The van der Waals surface area contributed by atoms with Gasteiger partial charge in [0.25, 0.3) is 5.69 Å². The van der Waals surface area contributed by atoms with Crippen molar-refractivity contribution in [2.75, 3.05) is 55.4 Å². The Hall–Kier alpha value is -4.69. The van der Waals surface area contributed by atoms with Crippen molar-refractivity contribution < 1.29 is 27.9 Å². The molecule has 0 aromatic heterocycles. The number of amides is 3. The first kappa shape index (κ1) is 35.6. The van der Waals surface area contributed by atoms with Gasteiger partial charge in [-0.1, -0.05) is 53.5 Å². The Kier molecular flexibility index (Phi) is 11.7. The van der Waals surface area contributed by atoms with Crippen LogP contribution in [0.4, 0.5) is 27.5 Å². The fraction of sp³-hybridized carbons (Fsp3) is 0.235. The minimum atomic E-state index is -4.16. The molecule has 1 fully saturated rings. The number of hydrogen-bond donors (Lipinski definition) is 3. The molecule has 0 bridgehead atoms. The zero-order chi connectivity index (χ0) is 35.0. The number of rotatable bonds is 12. The van der Waals surface area contributed by atoms with Crippen LogP contribution in [0.3, 0.4) is 0 Å². The Morgan fingerprint density at radius 3 is 2.14 bits per heavy atom. The number of piperazine rings is 1. The number of benzene rings is 4. The summed E-state index contributed by atoms with van der Waals surface area (Å²) in [5.41, 5.74) is 2.45. The summed E-state index contributed by atoms with van der Waals surface area (Å²) < 4.78 is 33.8. The molecule has 4 aromatic carbocycles. The molecule has 5 rings (SSSR count). The highest BCUT2D eigenvalue weighted by atomic mass is 35.5. The van der Waals surface area contributed by atoms with Crippen molar-refractivity contribution in [1.29, 1.82) is 0 Å². The van der Waals surface area contributed by atoms with Gasteiger partial charge in [-0.3, -0.25) is 4.79 Å². The van der Waals surface area contributed by atoms with Crippen LogP contribution in [0.15, 0.2) is 95.9 Å². The lowest BCUT2D eigenvalue weighted by Gasteiger charge is -2.36. The van der Waals surface area contributed by atoms with Gasteiger partial charge in [0.05, 0.1) is 22.8 Å². The number of ether oxygens (including phenoxy) is 1. The van der Waals surface area contributed by atoms with Crippen molar-refractivity contribution in [3.05, 3.63) is 112 Å². The van der Waals surface area contributed by atoms with Gasteiger partial charge in [0.1, 0.15) is 5.75 Å². The first-order chi connectivity index (χ1) is 23.6. The molecule has 3 N–H and O–H groups in total. The average molecular weight is 727 g/mol. The normalized spacial score (nSPS) is 13.2. The molecule has 0 saturated carbocycles. The second kappa shape index (κ2) is 16.1. The quantitative estimate of drug-likeness (QED) is 0.186. The summed E-state index contributed by atoms with van der Waals surface area (Å²) in [6.45, 7) is 2.00. The standard InChI is InChI=1S/C34H34Cl2N6O6S/c1-48-27-15-9-24(10-16-27)23-42(49(46,47)31-8-3-2-7-30(31)39-45)18-17-32(43)37-25-11-13-26(14-12-25)40-19-21-41(22-20-40)34(44)38-33-28(35)5-4-6-29(33)36/h2-16H,17-23H2,1H3,(H,37,43)(H,38,44)/p+1. The Morgan fingerprint density at radius 2 is 1.51 bits per heavy atom. The monoisotopic (exact) mass is 725 g/mol. The molecule has 1 saturated heterocycles. The SMILES string of the molecule is COc1ccc(CN(CCC(=O)Nc2ccc(N3CCN(C(=O)Nc4c(Cl)cccc4Cl)CC3)cc2)S(=O)(=O)c2ccccc2[NH+]=O)cc1. The van der Waals surface area contributed by atoms with Gasteiger partial charge in [0.2, 0.25) is 15.9 Å². The van der Waals surface area contributed by atoms with Gasteiger partial charge in [0, 0.05) is 73.2 Å². The summed E-state index contributed by atoms with van der Waals surface area (Å²) in [4.78, 5) is 41.0. The summed E-state index contributed by atoms with van der Waals surface area (Å²) in [5.74, 6) is 0.241. The number of hydrogen-bond acceptors (Lipinski definition) is 7. The summed E-state index contributed by atoms with van der Waals surface area (Å²) in [7, 11) is -2.62. The molecule has 0 unspecified atom stereocenters. The number of methoxy groups -OCH3 is 1. The van der Waals surface area contributed by atoms with E-state index in [-0.39, 0.29) is 42.0 Å². The number of halogens is 2. The molecular formula is C34H35Cl2N6O6S+. The van der Waals surface area contributed by atoms with Crippen molar-refractivity contribution in [3.63, 3.8) is 0 Å². The zero-order valence-electron chi connectivity index (χ0n) is 26.6. The molecule has 15 heteroatoms. The van der Waals surface area contributed by atoms with E-state index < -0.39 is 10.0 Å². The lowest BCUT2D eigenvalue weighted by atomic mass is 10.2. The second-order valence-electron chi connectivity index (χ2n) is 11.1. The third-order valence-corrected chi connectivity index (χ3v) is 10.5. The Labute approximate surface area is 294 Å². The largest absolute Gasteiger partial charge is 0.497 e. The van der Waals surface area contributed by atoms with Crippen LogP contribution >= 0.6 is 23.2 Å². The number of anilines is 3. The van der Waals surface area contributed by atoms with Crippen molar-refractivity contribution in [3.8, 4) is 5.75 Å². The fourth-order valence-corrected chi connectivity index (χ4v) is 7.37. The van der Waals surface area contributed by atoms with Crippen LogP contribution < -0.4 is 25.4 Å². The number of nitrogens with one attached hydrogen (secondary N) is 3. The molecule has 256 valence electrons. The van der Waals surface area contributed by atoms with E-state index in [1.807, 2.05) is 12.1 Å². The Balaban J connectivity index is 1.18. The van der Waals surface area contributed by atoms with Gasteiger partial charge in [-0.05, 0) is 60.2 Å². The van der Waals surface area contributed by atoms with Crippen molar-refractivity contribution in [2.24, 2.45) is 0 Å². The lowest BCUT2D eigenvalue weighted by molar-refractivity contribution is -0.382. The lowest BCUT2D eigenvalue weighted by Crippen LogP contribution is -2.57. The molecule has 0 aliphatic carbocycles. The van der Waals surface area contributed by atoms with Gasteiger partial charge in [-0.25, -0.2) is 13.2 Å². The third kappa shape index (κ3) is 8.86. The van der Waals surface area contributed by atoms with Gasteiger partial charge in [-0.15, -0.1) is 0 Å². The summed E-state index contributed by atoms with van der Waals surface area (Å²) >= 11 is 12.4. The van der Waals surface area contributed by atoms with Gasteiger partial charge in [0.15, 0.2) is 4.90 Å². The summed E-state index contributed by atoms with van der Waals surface area (Å²) in [5, 5.41) is 8.05. The van der Waals surface area contributed by atoms with E-state index in [1.165, 1.54) is 29.6 Å². The summed E-state index contributed by atoms with van der Waals surface area (Å²) in [6.07, 6.45) is -0.131. The van der Waals surface area contributed by atoms with Crippen molar-refractivity contribution in [2.45, 2.75) is 17.9 Å². The van der Waals surface area contributed by atoms with E-state index >= 15 is 0 Å². The first-order valence-corrected chi connectivity index (χ1v) is 17.5. The maximum Gasteiger partial charge on any atom is 0.322 e. The van der Waals surface area contributed by atoms with Crippen molar-refractivity contribution in [1.82, 2.24) is 9.21 Å². The zero-order valence-corrected chi connectivity index (χ0v) is 28.9. The first-order valence-electron chi connectivity index (χ1n) is 15.3.